The third-order valence-corrected chi connectivity index (χ3v) is 3.87. The molecule has 4 N–H and O–H groups in total. The standard InChI is InChI=1S/C15H16BrN3O/c1-19(9-11-4-2-3-5-12(11)16)14-8-10(15(18)20)6-7-13(14)17/h2-8H,9,17H2,1H3,(H2,18,20). The number of hydrogen-bond donors (Lipinski definition) is 2. The lowest BCUT2D eigenvalue weighted by atomic mass is 10.1. The number of hydrogen-bond acceptors (Lipinski definition) is 3. The average Bonchev–Trinajstić information content (AvgIpc) is 2.41. The van der Waals surface area contributed by atoms with Crippen molar-refractivity contribution in [1.29, 1.82) is 0 Å². The predicted molar refractivity (Wildman–Crippen MR) is 85.6 cm³/mol. The van der Waals surface area contributed by atoms with E-state index in [1.807, 2.05) is 36.2 Å². The first-order chi connectivity index (χ1) is 9.49. The number of halogens is 1. The molecule has 1 amide bonds. The van der Waals surface area contributed by atoms with Gasteiger partial charge in [-0.25, -0.2) is 0 Å². The monoisotopic (exact) mass is 333 g/mol. The summed E-state index contributed by atoms with van der Waals surface area (Å²) in [7, 11) is 1.93. The van der Waals surface area contributed by atoms with Gasteiger partial charge in [0.05, 0.1) is 11.4 Å². The summed E-state index contributed by atoms with van der Waals surface area (Å²) >= 11 is 3.52. The maximum atomic E-state index is 11.3. The number of nitrogens with two attached hydrogens (primary N) is 2. The Morgan fingerprint density at radius 1 is 1.25 bits per heavy atom. The summed E-state index contributed by atoms with van der Waals surface area (Å²) in [6.07, 6.45) is 0. The number of rotatable bonds is 4. The van der Waals surface area contributed by atoms with Crippen LogP contribution in [0.3, 0.4) is 0 Å². The van der Waals surface area contributed by atoms with Crippen molar-refractivity contribution in [2.45, 2.75) is 6.54 Å². The molecule has 0 saturated carbocycles. The van der Waals surface area contributed by atoms with Gasteiger partial charge in [-0.1, -0.05) is 34.1 Å². The molecule has 20 heavy (non-hydrogen) atoms. The van der Waals surface area contributed by atoms with Crippen molar-refractivity contribution in [1.82, 2.24) is 0 Å². The van der Waals surface area contributed by atoms with Gasteiger partial charge >= 0.3 is 0 Å². The molecule has 2 aromatic rings. The molecular formula is C15H16BrN3O. The molecule has 0 aliphatic carbocycles. The molecule has 0 heterocycles. The lowest BCUT2D eigenvalue weighted by Gasteiger charge is -2.22. The zero-order valence-corrected chi connectivity index (χ0v) is 12.7. The van der Waals surface area contributed by atoms with Crippen LogP contribution in [0.1, 0.15) is 15.9 Å². The minimum Gasteiger partial charge on any atom is -0.397 e. The van der Waals surface area contributed by atoms with Crippen LogP contribution in [0, 0.1) is 0 Å². The second kappa shape index (κ2) is 5.96. The average molecular weight is 334 g/mol. The highest BCUT2D eigenvalue weighted by atomic mass is 79.9. The molecule has 0 atom stereocenters. The molecule has 0 aliphatic heterocycles. The Morgan fingerprint density at radius 2 is 1.95 bits per heavy atom. The molecule has 0 aromatic heterocycles. The highest BCUT2D eigenvalue weighted by molar-refractivity contribution is 9.10. The fraction of sp³-hybridized carbons (Fsp3) is 0.133. The molecule has 0 fully saturated rings. The predicted octanol–water partition coefficient (Wildman–Crippen LogP) is 2.77. The van der Waals surface area contributed by atoms with Crippen molar-refractivity contribution < 1.29 is 4.79 Å². The van der Waals surface area contributed by atoms with Crippen molar-refractivity contribution in [3.63, 3.8) is 0 Å². The molecule has 0 saturated heterocycles. The van der Waals surface area contributed by atoms with Crippen LogP contribution in [0.15, 0.2) is 46.9 Å². The second-order valence-electron chi connectivity index (χ2n) is 4.59. The molecule has 0 spiro atoms. The summed E-state index contributed by atoms with van der Waals surface area (Å²) in [5.74, 6) is -0.458. The van der Waals surface area contributed by atoms with Crippen molar-refractivity contribution in [2.24, 2.45) is 5.73 Å². The van der Waals surface area contributed by atoms with Crippen LogP contribution >= 0.6 is 15.9 Å². The minimum atomic E-state index is -0.458. The van der Waals surface area contributed by atoms with E-state index in [9.17, 15) is 4.79 Å². The van der Waals surface area contributed by atoms with Gasteiger partial charge in [0.2, 0.25) is 5.91 Å². The Hall–Kier alpha value is -2.01. The maximum Gasteiger partial charge on any atom is 0.248 e. The lowest BCUT2D eigenvalue weighted by Crippen LogP contribution is -2.19. The van der Waals surface area contributed by atoms with E-state index in [0.717, 1.165) is 15.7 Å². The summed E-state index contributed by atoms with van der Waals surface area (Å²) in [4.78, 5) is 13.2. The Balaban J connectivity index is 2.29. The highest BCUT2D eigenvalue weighted by Crippen LogP contribution is 2.26. The molecule has 5 heteroatoms. The van der Waals surface area contributed by atoms with Crippen molar-refractivity contribution >= 4 is 33.2 Å². The molecule has 2 aromatic carbocycles. The molecule has 2 rings (SSSR count). The normalized spacial score (nSPS) is 10.3. The summed E-state index contributed by atoms with van der Waals surface area (Å²) in [6, 6.07) is 13.0. The molecule has 4 nitrogen and oxygen atoms in total. The topological polar surface area (TPSA) is 72.3 Å². The summed E-state index contributed by atoms with van der Waals surface area (Å²) < 4.78 is 1.04. The van der Waals surface area contributed by atoms with E-state index in [1.165, 1.54) is 0 Å². The van der Waals surface area contributed by atoms with Crippen LogP contribution < -0.4 is 16.4 Å². The van der Waals surface area contributed by atoms with Crippen molar-refractivity contribution in [2.75, 3.05) is 17.7 Å². The van der Waals surface area contributed by atoms with Gasteiger partial charge in [-0.15, -0.1) is 0 Å². The first kappa shape index (κ1) is 14.4. The number of anilines is 2. The third-order valence-electron chi connectivity index (χ3n) is 3.09. The molecule has 0 unspecified atom stereocenters. The summed E-state index contributed by atoms with van der Waals surface area (Å²) in [6.45, 7) is 0.674. The third kappa shape index (κ3) is 3.11. The van der Waals surface area contributed by atoms with E-state index >= 15 is 0 Å². The van der Waals surface area contributed by atoms with Gasteiger partial charge in [-0.3, -0.25) is 4.79 Å². The van der Waals surface area contributed by atoms with Crippen LogP contribution in [0.25, 0.3) is 0 Å². The number of primary amides is 1. The first-order valence-corrected chi connectivity index (χ1v) is 6.92. The summed E-state index contributed by atoms with van der Waals surface area (Å²) in [5, 5.41) is 0. The first-order valence-electron chi connectivity index (χ1n) is 6.13. The zero-order chi connectivity index (χ0) is 14.7. The van der Waals surface area contributed by atoms with Crippen LogP contribution in [-0.4, -0.2) is 13.0 Å². The Kier molecular flexibility index (Phi) is 4.29. The quantitative estimate of drug-likeness (QED) is 0.845. The van der Waals surface area contributed by atoms with E-state index in [4.69, 9.17) is 11.5 Å². The fourth-order valence-electron chi connectivity index (χ4n) is 1.99. The second-order valence-corrected chi connectivity index (χ2v) is 5.44. The maximum absolute atomic E-state index is 11.3. The van der Waals surface area contributed by atoms with E-state index in [-0.39, 0.29) is 0 Å². The van der Waals surface area contributed by atoms with Crippen LogP contribution in [0.5, 0.6) is 0 Å². The number of nitrogen functional groups attached to an aromatic ring is 1. The van der Waals surface area contributed by atoms with Gasteiger partial charge in [0.1, 0.15) is 0 Å². The van der Waals surface area contributed by atoms with Gasteiger partial charge in [-0.05, 0) is 29.8 Å². The number of carbonyl (C=O) groups excluding carboxylic acids is 1. The van der Waals surface area contributed by atoms with E-state index in [0.29, 0.717) is 17.8 Å². The lowest BCUT2D eigenvalue weighted by molar-refractivity contribution is 0.100. The number of carbonyl (C=O) groups is 1. The van der Waals surface area contributed by atoms with Gasteiger partial charge in [0.15, 0.2) is 0 Å². The van der Waals surface area contributed by atoms with Crippen molar-refractivity contribution in [3.05, 3.63) is 58.1 Å². The molecule has 0 radical (unpaired) electrons. The highest BCUT2D eigenvalue weighted by Gasteiger charge is 2.10. The number of benzene rings is 2. The number of nitrogens with zero attached hydrogens (tertiary/aromatic N) is 1. The van der Waals surface area contributed by atoms with Crippen molar-refractivity contribution in [3.8, 4) is 0 Å². The Bertz CT molecular complexity index is 643. The minimum absolute atomic E-state index is 0.452. The van der Waals surface area contributed by atoms with Gasteiger partial charge in [0.25, 0.3) is 0 Å². The van der Waals surface area contributed by atoms with Crippen LogP contribution in [-0.2, 0) is 6.54 Å². The largest absolute Gasteiger partial charge is 0.397 e. The SMILES string of the molecule is CN(Cc1ccccc1Br)c1cc(C(N)=O)ccc1N. The number of amides is 1. The van der Waals surface area contributed by atoms with Crippen LogP contribution in [0.2, 0.25) is 0 Å². The van der Waals surface area contributed by atoms with E-state index in [2.05, 4.69) is 15.9 Å². The van der Waals surface area contributed by atoms with Gasteiger partial charge in [0, 0.05) is 23.6 Å². The summed E-state index contributed by atoms with van der Waals surface area (Å²) in [5.41, 5.74) is 14.3. The molecule has 0 bridgehead atoms. The fourth-order valence-corrected chi connectivity index (χ4v) is 2.40. The Morgan fingerprint density at radius 3 is 2.60 bits per heavy atom. The smallest absolute Gasteiger partial charge is 0.248 e. The molecule has 104 valence electrons. The van der Waals surface area contributed by atoms with Gasteiger partial charge < -0.3 is 16.4 Å². The Labute approximate surface area is 126 Å². The van der Waals surface area contributed by atoms with Gasteiger partial charge in [-0.2, -0.15) is 0 Å². The molecule has 0 aliphatic rings. The van der Waals surface area contributed by atoms with E-state index in [1.54, 1.807) is 18.2 Å². The zero-order valence-electron chi connectivity index (χ0n) is 11.1. The molecular weight excluding hydrogens is 318 g/mol. The van der Waals surface area contributed by atoms with E-state index < -0.39 is 5.91 Å². The van der Waals surface area contributed by atoms with Crippen LogP contribution in [0.4, 0.5) is 11.4 Å².